The average molecular weight is 697 g/mol. The second-order valence-corrected chi connectivity index (χ2v) is 13.5. The number of carbonyl (C=O) groups excluding carboxylic acids is 1. The monoisotopic (exact) mass is 696 g/mol. The maximum absolute atomic E-state index is 12.6. The van der Waals surface area contributed by atoms with Crippen molar-refractivity contribution in [2.45, 2.75) is 173 Å². The third kappa shape index (κ3) is 22.2. The molecule has 6 atom stereocenters. The number of hydrogen-bond acceptors (Lipinski definition) is 11. The minimum absolute atomic E-state index is 0.0346. The Bertz CT molecular complexity index is 900. The molecule has 0 bridgehead atoms. The molecule has 278 valence electrons. The highest BCUT2D eigenvalue weighted by atomic mass is 32.3. The van der Waals surface area contributed by atoms with E-state index < -0.39 is 59.8 Å². The van der Waals surface area contributed by atoms with Gasteiger partial charge in [0.1, 0.15) is 30.5 Å². The van der Waals surface area contributed by atoms with Crippen molar-refractivity contribution in [2.75, 3.05) is 26.4 Å². The van der Waals surface area contributed by atoms with Crippen LogP contribution in [0.5, 0.6) is 0 Å². The summed E-state index contributed by atoms with van der Waals surface area (Å²) < 4.78 is 58.4. The van der Waals surface area contributed by atoms with Gasteiger partial charge in [0.15, 0.2) is 6.29 Å². The Morgan fingerprint density at radius 2 is 1.34 bits per heavy atom. The zero-order valence-corrected chi connectivity index (χ0v) is 29.7. The molecule has 0 aromatic heterocycles. The van der Waals surface area contributed by atoms with Gasteiger partial charge in [0.05, 0.1) is 19.8 Å². The lowest BCUT2D eigenvalue weighted by Gasteiger charge is -2.41. The summed E-state index contributed by atoms with van der Waals surface area (Å²) in [4.78, 5) is 12.6. The predicted molar refractivity (Wildman–Crippen MR) is 179 cm³/mol. The van der Waals surface area contributed by atoms with E-state index in [1.54, 1.807) is 0 Å². The molecule has 0 spiro atoms. The van der Waals surface area contributed by atoms with Crippen LogP contribution >= 0.6 is 0 Å². The summed E-state index contributed by atoms with van der Waals surface area (Å²) >= 11 is 0. The molecule has 0 saturated carbocycles. The fraction of sp³-hybridized carbons (Fsp3) is 0.912. The van der Waals surface area contributed by atoms with Crippen molar-refractivity contribution in [2.24, 2.45) is 0 Å². The SMILES string of the molecule is CCCCCC/C=C\CCCCCCCCOCC(COC1OC(CO)C(O)C(OS(=O)(=O)O)C1O)OC(=O)CCCCCCCC. The summed E-state index contributed by atoms with van der Waals surface area (Å²) in [5.74, 6) is -0.412. The van der Waals surface area contributed by atoms with E-state index in [0.717, 1.165) is 57.8 Å². The lowest BCUT2D eigenvalue weighted by molar-refractivity contribution is -0.301. The fourth-order valence-corrected chi connectivity index (χ4v) is 5.88. The Kier molecular flexibility index (Phi) is 25.8. The van der Waals surface area contributed by atoms with E-state index in [2.05, 4.69) is 30.2 Å². The van der Waals surface area contributed by atoms with Gasteiger partial charge in [-0.3, -0.25) is 9.35 Å². The van der Waals surface area contributed by atoms with E-state index in [1.807, 2.05) is 0 Å². The Labute approximate surface area is 283 Å². The number of aliphatic hydroxyl groups is 3. The second-order valence-electron chi connectivity index (χ2n) is 12.5. The number of esters is 1. The van der Waals surface area contributed by atoms with E-state index in [0.29, 0.717) is 13.0 Å². The highest BCUT2D eigenvalue weighted by Gasteiger charge is 2.48. The summed E-state index contributed by atoms with van der Waals surface area (Å²) in [5, 5.41) is 30.4. The van der Waals surface area contributed by atoms with Crippen molar-refractivity contribution < 1.29 is 56.2 Å². The van der Waals surface area contributed by atoms with Crippen molar-refractivity contribution in [3.8, 4) is 0 Å². The minimum atomic E-state index is -5.05. The molecule has 0 aliphatic carbocycles. The molecule has 1 aliphatic rings. The molecule has 13 heteroatoms. The van der Waals surface area contributed by atoms with Gasteiger partial charge < -0.3 is 34.3 Å². The van der Waals surface area contributed by atoms with E-state index in [4.69, 9.17) is 23.5 Å². The van der Waals surface area contributed by atoms with Gasteiger partial charge in [0.25, 0.3) is 0 Å². The van der Waals surface area contributed by atoms with Crippen LogP contribution in [0, 0.1) is 0 Å². The van der Waals surface area contributed by atoms with Crippen molar-refractivity contribution in [3.05, 3.63) is 12.2 Å². The molecule has 0 radical (unpaired) electrons. The normalized spacial score (nSPS) is 22.6. The standard InChI is InChI=1S/C34H64O12S/c1-3-5-7-9-11-12-13-14-15-16-17-18-20-22-24-42-26-28(44-30(36)23-21-19-10-8-6-4-2)27-43-34-32(38)33(46-47(39,40)41)31(37)29(25-35)45-34/h12-13,28-29,31-35,37-38H,3-11,14-27H2,1-2H3,(H,39,40,41)/b13-12-. The van der Waals surface area contributed by atoms with Crippen LogP contribution in [0.1, 0.15) is 136 Å². The minimum Gasteiger partial charge on any atom is -0.457 e. The summed E-state index contributed by atoms with van der Waals surface area (Å²) in [7, 11) is -5.05. The predicted octanol–water partition coefficient (Wildman–Crippen LogP) is 5.57. The van der Waals surface area contributed by atoms with E-state index >= 15 is 0 Å². The molecular formula is C34H64O12S. The Hall–Kier alpha value is -1.16. The first-order chi connectivity index (χ1) is 22.6. The van der Waals surface area contributed by atoms with E-state index in [-0.39, 0.29) is 19.6 Å². The van der Waals surface area contributed by atoms with Crippen LogP contribution in [-0.2, 0) is 38.3 Å². The van der Waals surface area contributed by atoms with Gasteiger partial charge in [-0.05, 0) is 38.5 Å². The number of carbonyl (C=O) groups is 1. The zero-order chi connectivity index (χ0) is 34.8. The number of ether oxygens (including phenoxy) is 4. The quantitative estimate of drug-likeness (QED) is 0.0318. The van der Waals surface area contributed by atoms with E-state index in [1.165, 1.54) is 51.4 Å². The topological polar surface area (TPSA) is 178 Å². The van der Waals surface area contributed by atoms with Crippen LogP contribution in [0.25, 0.3) is 0 Å². The lowest BCUT2D eigenvalue weighted by atomic mass is 9.99. The molecule has 1 saturated heterocycles. The Balaban J connectivity index is 2.49. The van der Waals surface area contributed by atoms with Gasteiger partial charge >= 0.3 is 16.4 Å². The lowest BCUT2D eigenvalue weighted by Crippen LogP contribution is -2.60. The van der Waals surface area contributed by atoms with Crippen LogP contribution in [0.15, 0.2) is 12.2 Å². The summed E-state index contributed by atoms with van der Waals surface area (Å²) in [6.45, 7) is 3.86. The zero-order valence-electron chi connectivity index (χ0n) is 28.8. The first-order valence-corrected chi connectivity index (χ1v) is 19.3. The maximum Gasteiger partial charge on any atom is 0.397 e. The number of aliphatic hydroxyl groups excluding tert-OH is 3. The van der Waals surface area contributed by atoms with Crippen molar-refractivity contribution >= 4 is 16.4 Å². The van der Waals surface area contributed by atoms with Gasteiger partial charge in [0, 0.05) is 13.0 Å². The number of hydrogen-bond donors (Lipinski definition) is 4. The molecule has 47 heavy (non-hydrogen) atoms. The largest absolute Gasteiger partial charge is 0.457 e. The Morgan fingerprint density at radius 1 is 0.787 bits per heavy atom. The van der Waals surface area contributed by atoms with Gasteiger partial charge in [-0.15, -0.1) is 0 Å². The first-order valence-electron chi connectivity index (χ1n) is 17.9. The summed E-state index contributed by atoms with van der Waals surface area (Å²) in [6.07, 6.45) is 15.8. The van der Waals surface area contributed by atoms with Crippen LogP contribution < -0.4 is 0 Å². The molecular weight excluding hydrogens is 632 g/mol. The smallest absolute Gasteiger partial charge is 0.397 e. The summed E-state index contributed by atoms with van der Waals surface area (Å²) in [5.41, 5.74) is 0. The van der Waals surface area contributed by atoms with Gasteiger partial charge in [-0.2, -0.15) is 8.42 Å². The first kappa shape index (κ1) is 43.9. The molecule has 1 heterocycles. The molecule has 0 aromatic rings. The summed E-state index contributed by atoms with van der Waals surface area (Å²) in [6, 6.07) is 0. The van der Waals surface area contributed by atoms with Gasteiger partial charge in [-0.1, -0.05) is 103 Å². The Morgan fingerprint density at radius 3 is 1.94 bits per heavy atom. The third-order valence-corrected chi connectivity index (χ3v) is 8.60. The molecule has 6 unspecified atom stereocenters. The number of allylic oxidation sites excluding steroid dienone is 2. The van der Waals surface area contributed by atoms with Crippen LogP contribution in [0.2, 0.25) is 0 Å². The van der Waals surface area contributed by atoms with Gasteiger partial charge in [0.2, 0.25) is 0 Å². The van der Waals surface area contributed by atoms with Crippen molar-refractivity contribution in [3.63, 3.8) is 0 Å². The molecule has 12 nitrogen and oxygen atoms in total. The van der Waals surface area contributed by atoms with Crippen LogP contribution in [-0.4, -0.2) is 97.5 Å². The second kappa shape index (κ2) is 27.6. The number of unbranched alkanes of at least 4 members (excludes halogenated alkanes) is 15. The number of rotatable bonds is 30. The fourth-order valence-electron chi connectivity index (χ4n) is 5.37. The molecule has 0 aromatic carbocycles. The highest BCUT2D eigenvalue weighted by molar-refractivity contribution is 7.80. The molecule has 0 amide bonds. The molecule has 1 fully saturated rings. The maximum atomic E-state index is 12.6. The molecule has 4 N–H and O–H groups in total. The van der Waals surface area contributed by atoms with Gasteiger partial charge in [-0.25, -0.2) is 4.18 Å². The van der Waals surface area contributed by atoms with Crippen LogP contribution in [0.3, 0.4) is 0 Å². The van der Waals surface area contributed by atoms with Crippen molar-refractivity contribution in [1.82, 2.24) is 0 Å². The highest BCUT2D eigenvalue weighted by Crippen LogP contribution is 2.26. The molecule has 1 rings (SSSR count). The van der Waals surface area contributed by atoms with E-state index in [9.17, 15) is 28.5 Å². The third-order valence-electron chi connectivity index (χ3n) is 8.14. The molecule has 1 aliphatic heterocycles. The van der Waals surface area contributed by atoms with Crippen molar-refractivity contribution in [1.29, 1.82) is 0 Å². The average Bonchev–Trinajstić information content (AvgIpc) is 3.03. The van der Waals surface area contributed by atoms with Crippen LogP contribution in [0.4, 0.5) is 0 Å².